The van der Waals surface area contributed by atoms with Gasteiger partial charge in [-0.1, -0.05) is 12.1 Å². The van der Waals surface area contributed by atoms with Crippen molar-refractivity contribution >= 4 is 5.69 Å². The highest BCUT2D eigenvalue weighted by molar-refractivity contribution is 5.32. The van der Waals surface area contributed by atoms with Gasteiger partial charge in [-0.2, -0.15) is 0 Å². The van der Waals surface area contributed by atoms with Crippen LogP contribution in [0.3, 0.4) is 0 Å². The summed E-state index contributed by atoms with van der Waals surface area (Å²) in [7, 11) is 2.19. The molecule has 1 saturated carbocycles. The first-order valence-electron chi connectivity index (χ1n) is 7.24. The van der Waals surface area contributed by atoms with Crippen LogP contribution in [-0.2, 0) is 6.42 Å². The van der Waals surface area contributed by atoms with Crippen molar-refractivity contribution in [3.63, 3.8) is 0 Å². The minimum Gasteiger partial charge on any atom is -0.315 e. The van der Waals surface area contributed by atoms with Crippen molar-refractivity contribution in [3.8, 4) is 0 Å². The van der Waals surface area contributed by atoms with E-state index in [9.17, 15) is 10.1 Å². The quantitative estimate of drug-likeness (QED) is 0.449. The van der Waals surface area contributed by atoms with Crippen LogP contribution >= 0.6 is 0 Å². The smallest absolute Gasteiger partial charge is 0.269 e. The van der Waals surface area contributed by atoms with Gasteiger partial charge in [0, 0.05) is 30.8 Å². The van der Waals surface area contributed by atoms with Gasteiger partial charge in [0.05, 0.1) is 4.92 Å². The van der Waals surface area contributed by atoms with Gasteiger partial charge in [0.2, 0.25) is 0 Å². The minimum absolute atomic E-state index is 0.154. The Labute approximate surface area is 120 Å². The SMILES string of the molecule is CC(CNCCc1ccc([N+](=O)[O-])cc1)N(C)C1CC1. The van der Waals surface area contributed by atoms with E-state index < -0.39 is 0 Å². The number of nitro groups is 1. The molecule has 0 heterocycles. The topological polar surface area (TPSA) is 58.4 Å². The maximum absolute atomic E-state index is 10.6. The Morgan fingerprint density at radius 2 is 2.05 bits per heavy atom. The summed E-state index contributed by atoms with van der Waals surface area (Å²) < 4.78 is 0. The van der Waals surface area contributed by atoms with Crippen molar-refractivity contribution < 1.29 is 4.92 Å². The fourth-order valence-electron chi connectivity index (χ4n) is 2.31. The molecule has 5 nitrogen and oxygen atoms in total. The molecular formula is C15H23N3O2. The lowest BCUT2D eigenvalue weighted by atomic mass is 10.1. The van der Waals surface area contributed by atoms with Gasteiger partial charge in [-0.3, -0.25) is 15.0 Å². The van der Waals surface area contributed by atoms with E-state index >= 15 is 0 Å². The lowest BCUT2D eigenvalue weighted by Crippen LogP contribution is -2.39. The number of nitro benzene ring substituents is 1. The number of rotatable bonds is 8. The minimum atomic E-state index is -0.364. The summed E-state index contributed by atoms with van der Waals surface area (Å²) in [5.41, 5.74) is 1.28. The van der Waals surface area contributed by atoms with Crippen molar-refractivity contribution in [2.45, 2.75) is 38.3 Å². The van der Waals surface area contributed by atoms with Gasteiger partial charge >= 0.3 is 0 Å². The number of hydrogen-bond acceptors (Lipinski definition) is 4. The van der Waals surface area contributed by atoms with Crippen molar-refractivity contribution in [1.29, 1.82) is 0 Å². The van der Waals surface area contributed by atoms with E-state index in [-0.39, 0.29) is 10.6 Å². The Morgan fingerprint density at radius 1 is 1.40 bits per heavy atom. The fraction of sp³-hybridized carbons (Fsp3) is 0.600. The highest BCUT2D eigenvalue weighted by atomic mass is 16.6. The first kappa shape index (κ1) is 14.9. The summed E-state index contributed by atoms with van der Waals surface area (Å²) in [6.45, 7) is 4.14. The van der Waals surface area contributed by atoms with Crippen molar-refractivity contribution in [3.05, 3.63) is 39.9 Å². The van der Waals surface area contributed by atoms with E-state index in [1.54, 1.807) is 12.1 Å². The summed E-state index contributed by atoms with van der Waals surface area (Å²) in [6.07, 6.45) is 3.57. The molecule has 1 atom stereocenters. The molecule has 1 aromatic carbocycles. The van der Waals surface area contributed by atoms with Gasteiger partial charge in [0.25, 0.3) is 5.69 Å². The van der Waals surface area contributed by atoms with Crippen LogP contribution in [0.15, 0.2) is 24.3 Å². The molecule has 0 saturated heterocycles. The van der Waals surface area contributed by atoms with Crippen LogP contribution in [0.4, 0.5) is 5.69 Å². The van der Waals surface area contributed by atoms with E-state index in [1.807, 2.05) is 12.1 Å². The van der Waals surface area contributed by atoms with Crippen molar-refractivity contribution in [2.24, 2.45) is 0 Å². The zero-order valence-corrected chi connectivity index (χ0v) is 12.2. The van der Waals surface area contributed by atoms with Crippen molar-refractivity contribution in [1.82, 2.24) is 10.2 Å². The molecule has 0 spiro atoms. The molecule has 110 valence electrons. The summed E-state index contributed by atoms with van der Waals surface area (Å²) in [4.78, 5) is 12.6. The predicted molar refractivity (Wildman–Crippen MR) is 79.9 cm³/mol. The monoisotopic (exact) mass is 277 g/mol. The lowest BCUT2D eigenvalue weighted by Gasteiger charge is -2.24. The molecule has 0 bridgehead atoms. The van der Waals surface area contributed by atoms with E-state index in [4.69, 9.17) is 0 Å². The third kappa shape index (κ3) is 4.28. The summed E-state index contributed by atoms with van der Waals surface area (Å²) in [5.74, 6) is 0. The largest absolute Gasteiger partial charge is 0.315 e. The molecular weight excluding hydrogens is 254 g/mol. The molecule has 0 radical (unpaired) electrons. The second kappa shape index (κ2) is 6.81. The zero-order chi connectivity index (χ0) is 14.5. The maximum atomic E-state index is 10.6. The van der Waals surface area contributed by atoms with Crippen LogP contribution < -0.4 is 5.32 Å². The third-order valence-electron chi connectivity index (χ3n) is 4.00. The molecule has 0 aromatic heterocycles. The first-order chi connectivity index (χ1) is 9.58. The molecule has 0 aliphatic heterocycles. The van der Waals surface area contributed by atoms with Gasteiger partial charge in [-0.25, -0.2) is 0 Å². The summed E-state index contributed by atoms with van der Waals surface area (Å²) >= 11 is 0. The van der Waals surface area contributed by atoms with E-state index in [1.165, 1.54) is 12.8 Å². The Bertz CT molecular complexity index is 443. The number of hydrogen-bond donors (Lipinski definition) is 1. The summed E-state index contributed by atoms with van der Waals surface area (Å²) in [6, 6.07) is 8.15. The summed E-state index contributed by atoms with van der Waals surface area (Å²) in [5, 5.41) is 14.0. The van der Waals surface area contributed by atoms with E-state index in [0.29, 0.717) is 6.04 Å². The molecule has 1 aliphatic carbocycles. The van der Waals surface area contributed by atoms with Crippen LogP contribution in [-0.4, -0.2) is 42.0 Å². The fourth-order valence-corrected chi connectivity index (χ4v) is 2.31. The number of benzene rings is 1. The highest BCUT2D eigenvalue weighted by Crippen LogP contribution is 2.26. The molecule has 20 heavy (non-hydrogen) atoms. The predicted octanol–water partition coefficient (Wildman–Crippen LogP) is 2.21. The van der Waals surface area contributed by atoms with Crippen LogP contribution in [0.5, 0.6) is 0 Å². The number of non-ortho nitro benzene ring substituents is 1. The van der Waals surface area contributed by atoms with Gasteiger partial charge in [-0.15, -0.1) is 0 Å². The molecule has 2 rings (SSSR count). The second-order valence-corrected chi connectivity index (χ2v) is 5.62. The molecule has 1 unspecified atom stereocenters. The number of likely N-dealkylation sites (N-methyl/N-ethyl adjacent to an activating group) is 1. The highest BCUT2D eigenvalue weighted by Gasteiger charge is 2.28. The van der Waals surface area contributed by atoms with E-state index in [2.05, 4.69) is 24.2 Å². The van der Waals surface area contributed by atoms with Gasteiger partial charge in [0.1, 0.15) is 0 Å². The Balaban J connectivity index is 1.66. The molecule has 0 amide bonds. The second-order valence-electron chi connectivity index (χ2n) is 5.62. The number of nitrogens with zero attached hydrogens (tertiary/aromatic N) is 2. The molecule has 1 fully saturated rings. The maximum Gasteiger partial charge on any atom is 0.269 e. The molecule has 1 N–H and O–H groups in total. The first-order valence-corrected chi connectivity index (χ1v) is 7.24. The van der Waals surface area contributed by atoms with Crippen LogP contribution in [0, 0.1) is 10.1 Å². The Morgan fingerprint density at radius 3 is 2.60 bits per heavy atom. The van der Waals surface area contributed by atoms with Crippen LogP contribution in [0.2, 0.25) is 0 Å². The normalized spacial score (nSPS) is 16.4. The van der Waals surface area contributed by atoms with Gasteiger partial charge < -0.3 is 5.32 Å². The third-order valence-corrected chi connectivity index (χ3v) is 4.00. The lowest BCUT2D eigenvalue weighted by molar-refractivity contribution is -0.384. The average molecular weight is 277 g/mol. The average Bonchev–Trinajstić information content (AvgIpc) is 3.27. The molecule has 5 heteroatoms. The van der Waals surface area contributed by atoms with Crippen LogP contribution in [0.25, 0.3) is 0 Å². The number of nitrogens with one attached hydrogen (secondary N) is 1. The standard InChI is InChI=1S/C15H23N3O2/c1-12(17(2)14-7-8-14)11-16-10-9-13-3-5-15(6-4-13)18(19)20/h3-6,12,14,16H,7-11H2,1-2H3. The van der Waals surface area contributed by atoms with Gasteiger partial charge in [-0.05, 0) is 45.3 Å². The Kier molecular flexibility index (Phi) is 5.09. The zero-order valence-electron chi connectivity index (χ0n) is 12.2. The van der Waals surface area contributed by atoms with E-state index in [0.717, 1.165) is 31.1 Å². The Hall–Kier alpha value is -1.46. The molecule has 1 aliphatic rings. The van der Waals surface area contributed by atoms with Gasteiger partial charge in [0.15, 0.2) is 0 Å². The van der Waals surface area contributed by atoms with Crippen LogP contribution in [0.1, 0.15) is 25.3 Å². The van der Waals surface area contributed by atoms with Crippen molar-refractivity contribution in [2.75, 3.05) is 20.1 Å². The molecule has 1 aromatic rings.